The summed E-state index contributed by atoms with van der Waals surface area (Å²) in [6, 6.07) is 2.03. The van der Waals surface area contributed by atoms with Crippen molar-refractivity contribution in [1.82, 2.24) is 14.9 Å². The number of carbonyl (C=O) groups excluding carboxylic acids is 1. The first-order valence-electron chi connectivity index (χ1n) is 8.18. The van der Waals surface area contributed by atoms with Crippen LogP contribution in [0.15, 0.2) is 23.2 Å². The minimum absolute atomic E-state index is 0.232. The summed E-state index contributed by atoms with van der Waals surface area (Å²) < 4.78 is 0. The van der Waals surface area contributed by atoms with Gasteiger partial charge in [-0.2, -0.15) is 11.3 Å². The highest BCUT2D eigenvalue weighted by Gasteiger charge is 2.26. The van der Waals surface area contributed by atoms with Gasteiger partial charge in [0, 0.05) is 37.4 Å². The molecule has 1 fully saturated rings. The van der Waals surface area contributed by atoms with Crippen LogP contribution in [0.4, 0.5) is 5.82 Å². The molecule has 1 amide bonds. The third-order valence-corrected chi connectivity index (χ3v) is 5.45. The number of fused-ring (bicyclic) bond motifs is 1. The molecule has 0 atom stereocenters. The van der Waals surface area contributed by atoms with Crippen molar-refractivity contribution in [1.29, 1.82) is 0 Å². The van der Waals surface area contributed by atoms with E-state index in [0.29, 0.717) is 6.42 Å². The van der Waals surface area contributed by atoms with E-state index in [1.165, 1.54) is 17.7 Å². The van der Waals surface area contributed by atoms with Crippen LogP contribution in [0.3, 0.4) is 0 Å². The van der Waals surface area contributed by atoms with E-state index in [4.69, 9.17) is 0 Å². The molecule has 0 saturated carbocycles. The Morgan fingerprint density at radius 2 is 2.04 bits per heavy atom. The van der Waals surface area contributed by atoms with Gasteiger partial charge in [0.05, 0.1) is 6.42 Å². The lowest BCUT2D eigenvalue weighted by Crippen LogP contribution is -2.49. The van der Waals surface area contributed by atoms with Gasteiger partial charge in [-0.3, -0.25) is 4.79 Å². The Kier molecular flexibility index (Phi) is 3.99. The number of amides is 1. The van der Waals surface area contributed by atoms with Gasteiger partial charge in [0.1, 0.15) is 12.1 Å². The molecule has 2 aromatic heterocycles. The largest absolute Gasteiger partial charge is 0.353 e. The van der Waals surface area contributed by atoms with E-state index in [2.05, 4.69) is 20.2 Å². The quantitative estimate of drug-likeness (QED) is 0.864. The third-order valence-electron chi connectivity index (χ3n) is 4.72. The maximum atomic E-state index is 12.4. The Bertz CT molecular complexity index is 693. The number of anilines is 1. The molecule has 2 aliphatic rings. The van der Waals surface area contributed by atoms with E-state index >= 15 is 0 Å². The number of piperazine rings is 1. The molecule has 6 heteroatoms. The molecule has 0 spiro atoms. The number of carbonyl (C=O) groups is 1. The van der Waals surface area contributed by atoms with E-state index in [-0.39, 0.29) is 5.91 Å². The highest BCUT2D eigenvalue weighted by atomic mass is 32.1. The molecule has 0 unspecified atom stereocenters. The fraction of sp³-hybridized carbons (Fsp3) is 0.471. The predicted molar refractivity (Wildman–Crippen MR) is 90.9 cm³/mol. The molecular formula is C17H20N4OS. The van der Waals surface area contributed by atoms with E-state index in [1.54, 1.807) is 17.7 Å². The van der Waals surface area contributed by atoms with Crippen LogP contribution < -0.4 is 4.90 Å². The van der Waals surface area contributed by atoms with Gasteiger partial charge in [0.15, 0.2) is 0 Å². The minimum atomic E-state index is 0.232. The molecule has 0 aromatic carbocycles. The van der Waals surface area contributed by atoms with Crippen molar-refractivity contribution in [2.75, 3.05) is 31.1 Å². The van der Waals surface area contributed by atoms with Crippen molar-refractivity contribution in [3.05, 3.63) is 40.0 Å². The number of aryl methyl sites for hydroxylation is 1. The van der Waals surface area contributed by atoms with Crippen LogP contribution >= 0.6 is 11.3 Å². The molecule has 120 valence electrons. The molecule has 5 nitrogen and oxygen atoms in total. The molecule has 3 heterocycles. The van der Waals surface area contributed by atoms with Crippen molar-refractivity contribution in [3.8, 4) is 0 Å². The number of nitrogens with zero attached hydrogens (tertiary/aromatic N) is 4. The van der Waals surface area contributed by atoms with Gasteiger partial charge >= 0.3 is 0 Å². The van der Waals surface area contributed by atoms with Crippen LogP contribution in [-0.4, -0.2) is 47.0 Å². The zero-order chi connectivity index (χ0) is 15.6. The number of hydrogen-bond donors (Lipinski definition) is 0. The molecule has 4 rings (SSSR count). The topological polar surface area (TPSA) is 49.3 Å². The molecule has 0 radical (unpaired) electrons. The molecule has 1 aliphatic heterocycles. The summed E-state index contributed by atoms with van der Waals surface area (Å²) in [4.78, 5) is 25.6. The minimum Gasteiger partial charge on any atom is -0.353 e. The van der Waals surface area contributed by atoms with Crippen LogP contribution in [0.2, 0.25) is 0 Å². The van der Waals surface area contributed by atoms with Crippen LogP contribution in [-0.2, 0) is 24.1 Å². The van der Waals surface area contributed by atoms with Gasteiger partial charge in [-0.25, -0.2) is 9.97 Å². The van der Waals surface area contributed by atoms with E-state index in [0.717, 1.165) is 50.4 Å². The SMILES string of the molecule is O=C(Cc1ccsc1)N1CCN(c2ncnc3c2CCC3)CC1. The highest BCUT2D eigenvalue weighted by Crippen LogP contribution is 2.28. The van der Waals surface area contributed by atoms with Crippen LogP contribution in [0, 0.1) is 0 Å². The zero-order valence-electron chi connectivity index (χ0n) is 13.1. The lowest BCUT2D eigenvalue weighted by Gasteiger charge is -2.36. The van der Waals surface area contributed by atoms with Gasteiger partial charge in [-0.1, -0.05) is 0 Å². The van der Waals surface area contributed by atoms with Crippen LogP contribution in [0.25, 0.3) is 0 Å². The first-order valence-corrected chi connectivity index (χ1v) is 9.12. The standard InChI is InChI=1S/C17H20N4OS/c22-16(10-13-4-9-23-11-13)20-5-7-21(8-6-20)17-14-2-1-3-15(14)18-12-19-17/h4,9,11-12H,1-3,5-8,10H2. The normalized spacial score (nSPS) is 17.4. The van der Waals surface area contributed by atoms with E-state index in [1.807, 2.05) is 16.3 Å². The summed E-state index contributed by atoms with van der Waals surface area (Å²) in [5.41, 5.74) is 3.66. The summed E-state index contributed by atoms with van der Waals surface area (Å²) in [6.07, 6.45) is 5.55. The fourth-order valence-electron chi connectivity index (χ4n) is 3.46. The summed E-state index contributed by atoms with van der Waals surface area (Å²) in [5.74, 6) is 1.33. The third kappa shape index (κ3) is 2.95. The lowest BCUT2D eigenvalue weighted by molar-refractivity contribution is -0.130. The molecule has 1 aliphatic carbocycles. The average molecular weight is 328 g/mol. The van der Waals surface area contributed by atoms with Crippen molar-refractivity contribution in [2.45, 2.75) is 25.7 Å². The van der Waals surface area contributed by atoms with Gasteiger partial charge in [0.25, 0.3) is 0 Å². The van der Waals surface area contributed by atoms with E-state index in [9.17, 15) is 4.79 Å². The Balaban J connectivity index is 1.40. The van der Waals surface area contributed by atoms with Crippen molar-refractivity contribution in [3.63, 3.8) is 0 Å². The molecule has 0 N–H and O–H groups in total. The van der Waals surface area contributed by atoms with Gasteiger partial charge in [0.2, 0.25) is 5.91 Å². The Hall–Kier alpha value is -1.95. The second-order valence-corrected chi connectivity index (χ2v) is 6.93. The maximum Gasteiger partial charge on any atom is 0.227 e. The lowest BCUT2D eigenvalue weighted by atomic mass is 10.2. The highest BCUT2D eigenvalue weighted by molar-refractivity contribution is 7.08. The summed E-state index contributed by atoms with van der Waals surface area (Å²) in [6.45, 7) is 3.28. The number of aromatic nitrogens is 2. The molecule has 23 heavy (non-hydrogen) atoms. The van der Waals surface area contributed by atoms with E-state index < -0.39 is 0 Å². The molecule has 1 saturated heterocycles. The number of thiophene rings is 1. The van der Waals surface area contributed by atoms with Crippen molar-refractivity contribution in [2.24, 2.45) is 0 Å². The summed E-state index contributed by atoms with van der Waals surface area (Å²) in [7, 11) is 0. The second-order valence-electron chi connectivity index (χ2n) is 6.15. The monoisotopic (exact) mass is 328 g/mol. The summed E-state index contributed by atoms with van der Waals surface area (Å²) >= 11 is 1.64. The van der Waals surface area contributed by atoms with Crippen molar-refractivity contribution >= 4 is 23.1 Å². The smallest absolute Gasteiger partial charge is 0.227 e. The Morgan fingerprint density at radius 3 is 2.83 bits per heavy atom. The first-order chi connectivity index (χ1) is 11.3. The number of rotatable bonds is 3. The molecule has 2 aromatic rings. The van der Waals surface area contributed by atoms with Crippen LogP contribution in [0.5, 0.6) is 0 Å². The fourth-order valence-corrected chi connectivity index (χ4v) is 4.13. The van der Waals surface area contributed by atoms with Crippen molar-refractivity contribution < 1.29 is 4.79 Å². The maximum absolute atomic E-state index is 12.4. The molecular weight excluding hydrogens is 308 g/mol. The summed E-state index contributed by atoms with van der Waals surface area (Å²) in [5, 5.41) is 4.08. The predicted octanol–water partition coefficient (Wildman–Crippen LogP) is 1.92. The Morgan fingerprint density at radius 1 is 1.17 bits per heavy atom. The second kappa shape index (κ2) is 6.28. The zero-order valence-corrected chi connectivity index (χ0v) is 13.9. The molecule has 0 bridgehead atoms. The Labute approximate surface area is 140 Å². The van der Waals surface area contributed by atoms with Gasteiger partial charge < -0.3 is 9.80 Å². The van der Waals surface area contributed by atoms with Crippen LogP contribution in [0.1, 0.15) is 23.2 Å². The van der Waals surface area contributed by atoms with Gasteiger partial charge in [-0.15, -0.1) is 0 Å². The number of hydrogen-bond acceptors (Lipinski definition) is 5. The first kappa shape index (κ1) is 14.6. The average Bonchev–Trinajstić information content (AvgIpc) is 3.25. The van der Waals surface area contributed by atoms with Gasteiger partial charge in [-0.05, 0) is 41.7 Å².